The van der Waals surface area contributed by atoms with Crippen LogP contribution in [0.5, 0.6) is 0 Å². The number of hydrogen-bond donors (Lipinski definition) is 1. The van der Waals surface area contributed by atoms with Crippen molar-refractivity contribution in [2.45, 2.75) is 30.7 Å². The zero-order valence-corrected chi connectivity index (χ0v) is 16.9. The first-order valence-electron chi connectivity index (χ1n) is 9.61. The number of aryl methyl sites for hydroxylation is 1. The number of rotatable bonds is 6. The molecular weight excluding hydrogens is 374 g/mol. The molecule has 1 saturated heterocycles. The van der Waals surface area contributed by atoms with E-state index in [4.69, 9.17) is 0 Å². The Bertz CT molecular complexity index is 864. The molecule has 0 unspecified atom stereocenters. The normalized spacial score (nSPS) is 16.5. The minimum atomic E-state index is -3.50. The number of urea groups is 1. The van der Waals surface area contributed by atoms with Gasteiger partial charge in [0.15, 0.2) is 0 Å². The van der Waals surface area contributed by atoms with Crippen LogP contribution in [0.15, 0.2) is 65.6 Å². The molecule has 1 N–H and O–H groups in total. The molecule has 1 aliphatic rings. The Labute approximate surface area is 167 Å². The highest BCUT2D eigenvalue weighted by Gasteiger charge is 2.30. The third kappa shape index (κ3) is 5.11. The van der Waals surface area contributed by atoms with Crippen LogP contribution in [0.3, 0.4) is 0 Å². The molecule has 28 heavy (non-hydrogen) atoms. The number of nitrogens with one attached hydrogen (secondary N) is 1. The summed E-state index contributed by atoms with van der Waals surface area (Å²) in [5.74, 6) is 0. The highest BCUT2D eigenvalue weighted by molar-refractivity contribution is 7.89. The molecule has 0 radical (unpaired) electrons. The maximum Gasteiger partial charge on any atom is 0.317 e. The summed E-state index contributed by atoms with van der Waals surface area (Å²) in [6, 6.07) is 18.5. The van der Waals surface area contributed by atoms with Gasteiger partial charge in [-0.15, -0.1) is 0 Å². The molecule has 2 aromatic carbocycles. The molecule has 0 saturated carbocycles. The van der Waals surface area contributed by atoms with E-state index in [-0.39, 0.29) is 12.1 Å². The number of carbonyl (C=O) groups is 1. The lowest BCUT2D eigenvalue weighted by atomic mass is 10.1. The van der Waals surface area contributed by atoms with Gasteiger partial charge in [-0.05, 0) is 37.5 Å². The summed E-state index contributed by atoms with van der Waals surface area (Å²) in [4.78, 5) is 14.5. The Balaban J connectivity index is 1.47. The molecular formula is C21H27N3O3S. The molecule has 3 rings (SSSR count). The van der Waals surface area contributed by atoms with Gasteiger partial charge in [0.2, 0.25) is 10.0 Å². The standard InChI is InChI=1S/C21H27N3O3S/c1-18(12-13-19-8-4-2-5-9-19)22-21(25)23-14-16-24(17-15-23)28(26,27)20-10-6-3-7-11-20/h2-11,18H,12-17H2,1H3,(H,22,25)/t18-/m0/s1. The van der Waals surface area contributed by atoms with Crippen molar-refractivity contribution in [2.24, 2.45) is 0 Å². The lowest BCUT2D eigenvalue weighted by Crippen LogP contribution is -2.54. The average Bonchev–Trinajstić information content (AvgIpc) is 2.73. The van der Waals surface area contributed by atoms with Crippen LogP contribution in [0.25, 0.3) is 0 Å². The number of sulfonamides is 1. The van der Waals surface area contributed by atoms with E-state index in [1.165, 1.54) is 9.87 Å². The molecule has 0 aliphatic carbocycles. The molecule has 0 bridgehead atoms. The number of nitrogens with zero attached hydrogens (tertiary/aromatic N) is 2. The topological polar surface area (TPSA) is 69.7 Å². The van der Waals surface area contributed by atoms with E-state index in [2.05, 4.69) is 17.4 Å². The van der Waals surface area contributed by atoms with Gasteiger partial charge in [-0.25, -0.2) is 13.2 Å². The third-order valence-corrected chi connectivity index (χ3v) is 6.90. The second kappa shape index (κ2) is 9.21. The molecule has 1 aliphatic heterocycles. The highest BCUT2D eigenvalue weighted by Crippen LogP contribution is 2.17. The Kier molecular flexibility index (Phi) is 6.70. The third-order valence-electron chi connectivity index (χ3n) is 4.99. The average molecular weight is 402 g/mol. The number of hydrogen-bond acceptors (Lipinski definition) is 3. The summed E-state index contributed by atoms with van der Waals surface area (Å²) in [6.45, 7) is 3.40. The van der Waals surface area contributed by atoms with Gasteiger partial charge in [0.05, 0.1) is 4.90 Å². The fraction of sp³-hybridized carbons (Fsp3) is 0.381. The summed E-state index contributed by atoms with van der Waals surface area (Å²) >= 11 is 0. The number of benzene rings is 2. The van der Waals surface area contributed by atoms with Gasteiger partial charge in [-0.2, -0.15) is 4.31 Å². The van der Waals surface area contributed by atoms with Crippen molar-refractivity contribution in [3.63, 3.8) is 0 Å². The molecule has 1 atom stereocenters. The van der Waals surface area contributed by atoms with Crippen molar-refractivity contribution < 1.29 is 13.2 Å². The summed E-state index contributed by atoms with van der Waals surface area (Å²) in [7, 11) is -3.50. The molecule has 2 amide bonds. The van der Waals surface area contributed by atoms with Crippen molar-refractivity contribution in [1.29, 1.82) is 0 Å². The number of carbonyl (C=O) groups excluding carboxylic acids is 1. The summed E-state index contributed by atoms with van der Waals surface area (Å²) in [5.41, 5.74) is 1.25. The molecule has 150 valence electrons. The molecule has 0 spiro atoms. The maximum atomic E-state index is 12.7. The van der Waals surface area contributed by atoms with Crippen molar-refractivity contribution in [2.75, 3.05) is 26.2 Å². The largest absolute Gasteiger partial charge is 0.336 e. The van der Waals surface area contributed by atoms with Crippen LogP contribution in [0.1, 0.15) is 18.9 Å². The van der Waals surface area contributed by atoms with Gasteiger partial charge in [0.1, 0.15) is 0 Å². The fourth-order valence-electron chi connectivity index (χ4n) is 3.28. The molecule has 1 heterocycles. The van der Waals surface area contributed by atoms with Crippen LogP contribution >= 0.6 is 0 Å². The maximum absolute atomic E-state index is 12.7. The van der Waals surface area contributed by atoms with Gasteiger partial charge in [0.25, 0.3) is 0 Å². The molecule has 0 aromatic heterocycles. The van der Waals surface area contributed by atoms with E-state index in [9.17, 15) is 13.2 Å². The quantitative estimate of drug-likeness (QED) is 0.809. The van der Waals surface area contributed by atoms with E-state index >= 15 is 0 Å². The van der Waals surface area contributed by atoms with Gasteiger partial charge >= 0.3 is 6.03 Å². The van der Waals surface area contributed by atoms with Crippen LogP contribution < -0.4 is 5.32 Å². The predicted octanol–water partition coefficient (Wildman–Crippen LogP) is 2.72. The molecule has 1 fully saturated rings. The summed E-state index contributed by atoms with van der Waals surface area (Å²) in [6.07, 6.45) is 1.77. The van der Waals surface area contributed by atoms with Crippen LogP contribution in [-0.4, -0.2) is 55.9 Å². The number of amides is 2. The van der Waals surface area contributed by atoms with E-state index in [1.54, 1.807) is 35.2 Å². The van der Waals surface area contributed by atoms with E-state index in [1.807, 2.05) is 25.1 Å². The van der Waals surface area contributed by atoms with Crippen LogP contribution in [-0.2, 0) is 16.4 Å². The van der Waals surface area contributed by atoms with Crippen molar-refractivity contribution >= 4 is 16.1 Å². The second-order valence-corrected chi connectivity index (χ2v) is 9.02. The van der Waals surface area contributed by atoms with Crippen LogP contribution in [0.4, 0.5) is 4.79 Å². The first-order chi connectivity index (χ1) is 13.5. The zero-order valence-electron chi connectivity index (χ0n) is 16.1. The van der Waals surface area contributed by atoms with E-state index < -0.39 is 10.0 Å². The predicted molar refractivity (Wildman–Crippen MR) is 110 cm³/mol. The fourth-order valence-corrected chi connectivity index (χ4v) is 4.72. The minimum Gasteiger partial charge on any atom is -0.336 e. The SMILES string of the molecule is C[C@@H](CCc1ccccc1)NC(=O)N1CCN(S(=O)(=O)c2ccccc2)CC1. The zero-order chi connectivity index (χ0) is 20.0. The van der Waals surface area contributed by atoms with E-state index in [0.29, 0.717) is 31.1 Å². The smallest absolute Gasteiger partial charge is 0.317 e. The Morgan fingerprint density at radius 1 is 0.964 bits per heavy atom. The molecule has 2 aromatic rings. The molecule has 6 nitrogen and oxygen atoms in total. The second-order valence-electron chi connectivity index (χ2n) is 7.08. The van der Waals surface area contributed by atoms with Gasteiger partial charge in [-0.3, -0.25) is 0 Å². The summed E-state index contributed by atoms with van der Waals surface area (Å²) < 4.78 is 26.8. The minimum absolute atomic E-state index is 0.0544. The number of piperazine rings is 1. The van der Waals surface area contributed by atoms with Crippen molar-refractivity contribution in [1.82, 2.24) is 14.5 Å². The van der Waals surface area contributed by atoms with Crippen LogP contribution in [0.2, 0.25) is 0 Å². The van der Waals surface area contributed by atoms with Gasteiger partial charge in [0, 0.05) is 32.2 Å². The lowest BCUT2D eigenvalue weighted by molar-refractivity contribution is 0.169. The first-order valence-corrected chi connectivity index (χ1v) is 11.1. The summed E-state index contributed by atoms with van der Waals surface area (Å²) in [5, 5.41) is 3.02. The Morgan fingerprint density at radius 3 is 2.14 bits per heavy atom. The van der Waals surface area contributed by atoms with Gasteiger partial charge < -0.3 is 10.2 Å². The first kappa shape index (κ1) is 20.4. The van der Waals surface area contributed by atoms with Crippen LogP contribution in [0, 0.1) is 0 Å². The van der Waals surface area contributed by atoms with Crippen molar-refractivity contribution in [3.8, 4) is 0 Å². The Morgan fingerprint density at radius 2 is 1.54 bits per heavy atom. The monoisotopic (exact) mass is 401 g/mol. The van der Waals surface area contributed by atoms with Crippen molar-refractivity contribution in [3.05, 3.63) is 66.2 Å². The Hall–Kier alpha value is -2.38. The molecule has 7 heteroatoms. The van der Waals surface area contributed by atoms with E-state index in [0.717, 1.165) is 12.8 Å². The van der Waals surface area contributed by atoms with Gasteiger partial charge in [-0.1, -0.05) is 48.5 Å². The highest BCUT2D eigenvalue weighted by atomic mass is 32.2. The lowest BCUT2D eigenvalue weighted by Gasteiger charge is -2.34.